The Morgan fingerprint density at radius 3 is 1.81 bits per heavy atom. The summed E-state index contributed by atoms with van der Waals surface area (Å²) in [6.07, 6.45) is 22.2. The van der Waals surface area contributed by atoms with Crippen molar-refractivity contribution in [3.8, 4) is 0 Å². The van der Waals surface area contributed by atoms with Gasteiger partial charge in [0.2, 0.25) is 0 Å². The van der Waals surface area contributed by atoms with E-state index in [0.717, 1.165) is 6.42 Å². The van der Waals surface area contributed by atoms with E-state index in [-0.39, 0.29) is 32.5 Å². The normalized spacial score (nSPS) is 11.2. The van der Waals surface area contributed by atoms with Crippen molar-refractivity contribution in [3.63, 3.8) is 0 Å². The summed E-state index contributed by atoms with van der Waals surface area (Å²) in [6, 6.07) is 0. The van der Waals surface area contributed by atoms with E-state index < -0.39 is 0 Å². The van der Waals surface area contributed by atoms with Crippen LogP contribution in [-0.2, 0) is 34.0 Å². The molecule has 0 amide bonds. The Bertz CT molecular complexity index is 252. The van der Waals surface area contributed by atoms with Crippen molar-refractivity contribution >= 4 is 5.97 Å². The molecule has 0 saturated carbocycles. The van der Waals surface area contributed by atoms with Crippen LogP contribution in [0.15, 0.2) is 12.2 Å². The molecule has 0 aromatic heterocycles. The van der Waals surface area contributed by atoms with E-state index in [1.807, 2.05) is 0 Å². The number of carbonyl (C=O) groups excluding carboxylic acids is 1. The molecule has 0 atom stereocenters. The summed E-state index contributed by atoms with van der Waals surface area (Å²) in [7, 11) is 0. The number of hydrogen-bond donors (Lipinski definition) is 0. The molecule has 0 bridgehead atoms. The Balaban J connectivity index is 3.10. The second-order valence-corrected chi connectivity index (χ2v) is 6.97. The number of unbranched alkanes of at least 4 members (excludes halogenated alkanes) is 11. The first kappa shape index (κ1) is 21.1. The predicted octanol–water partition coefficient (Wildman–Crippen LogP) is 6.03. The van der Waals surface area contributed by atoms with Crippen molar-refractivity contribution in [1.29, 1.82) is 0 Å². The monoisotopic (exact) mass is 483 g/mol. The van der Waals surface area contributed by atoms with E-state index >= 15 is 0 Å². The molecule has 119 valence electrons. The molecule has 0 unspecified atom stereocenters. The zero-order valence-corrected chi connectivity index (χ0v) is 19.6. The number of rotatable bonds is 15. The molecule has 0 rings (SSSR count). The molecule has 3 heteroatoms. The standard InChI is InChI=1S/C18H34O2.Hg/c1-2-3-4-5-6-7-8-9-10-11-12-13-14-15-16-17-18(19)20;/h9-10H,2-8,11-17H2,1H3,(H,19,20);/q;+1/p-1/b10-9-;. The van der Waals surface area contributed by atoms with Crippen LogP contribution in [0.3, 0.4) is 0 Å². The Morgan fingerprint density at radius 2 is 1.29 bits per heavy atom. The van der Waals surface area contributed by atoms with Crippen LogP contribution in [0.2, 0.25) is 0 Å². The molecule has 0 spiro atoms. The first-order valence-electron chi connectivity index (χ1n) is 8.91. The van der Waals surface area contributed by atoms with Gasteiger partial charge in [0.1, 0.15) is 0 Å². The predicted molar refractivity (Wildman–Crippen MR) is 85.5 cm³/mol. The minimum atomic E-state index is 0.0101. The third-order valence-corrected chi connectivity index (χ3v) is 5.06. The Kier molecular flexibility index (Phi) is 18.3. The number of carbonyl (C=O) groups is 1. The second-order valence-electron chi connectivity index (χ2n) is 5.85. The van der Waals surface area contributed by atoms with Crippen molar-refractivity contribution in [2.75, 3.05) is 0 Å². The van der Waals surface area contributed by atoms with Crippen molar-refractivity contribution in [3.05, 3.63) is 12.2 Å². The SMILES string of the molecule is CCCCCCCC/C=C\CCCCCCCC(=O)[O][Hg]. The van der Waals surface area contributed by atoms with Gasteiger partial charge < -0.3 is 0 Å². The summed E-state index contributed by atoms with van der Waals surface area (Å²) in [6.45, 7) is 2.27. The maximum absolute atomic E-state index is 11.0. The topological polar surface area (TPSA) is 26.3 Å². The molecule has 21 heavy (non-hydrogen) atoms. The molecule has 2 nitrogen and oxygen atoms in total. The number of hydrogen-bond acceptors (Lipinski definition) is 2. The molecule has 0 aromatic rings. The van der Waals surface area contributed by atoms with Gasteiger partial charge in [0, 0.05) is 0 Å². The molecular weight excluding hydrogens is 449 g/mol. The summed E-state index contributed by atoms with van der Waals surface area (Å²) >= 11 is 0.168. The maximum atomic E-state index is 11.0. The van der Waals surface area contributed by atoms with Gasteiger partial charge in [0.05, 0.1) is 0 Å². The first-order valence-corrected chi connectivity index (χ1v) is 11.2. The van der Waals surface area contributed by atoms with Crippen molar-refractivity contribution in [2.24, 2.45) is 0 Å². The fraction of sp³-hybridized carbons (Fsp3) is 0.833. The summed E-state index contributed by atoms with van der Waals surface area (Å²) in [5, 5.41) is 0. The summed E-state index contributed by atoms with van der Waals surface area (Å²) in [5.74, 6) is 0.0101. The fourth-order valence-corrected chi connectivity index (χ4v) is 2.97. The van der Waals surface area contributed by atoms with Gasteiger partial charge in [-0.25, -0.2) is 0 Å². The third kappa shape index (κ3) is 18.1. The van der Waals surface area contributed by atoms with E-state index in [2.05, 4.69) is 19.1 Å². The third-order valence-electron chi connectivity index (χ3n) is 3.80. The van der Waals surface area contributed by atoms with Crippen LogP contribution in [0.1, 0.15) is 96.8 Å². The van der Waals surface area contributed by atoms with Gasteiger partial charge in [-0.1, -0.05) is 39.0 Å². The van der Waals surface area contributed by atoms with Crippen LogP contribution >= 0.6 is 0 Å². The van der Waals surface area contributed by atoms with Gasteiger partial charge in [0.15, 0.2) is 0 Å². The van der Waals surface area contributed by atoms with E-state index in [9.17, 15) is 4.79 Å². The van der Waals surface area contributed by atoms with Crippen LogP contribution in [-0.4, -0.2) is 5.97 Å². The van der Waals surface area contributed by atoms with Gasteiger partial charge in [0.25, 0.3) is 0 Å². The van der Waals surface area contributed by atoms with Crippen LogP contribution in [0.4, 0.5) is 0 Å². The summed E-state index contributed by atoms with van der Waals surface area (Å²) in [5.41, 5.74) is 0. The van der Waals surface area contributed by atoms with Gasteiger partial charge in [-0.15, -0.1) is 0 Å². The van der Waals surface area contributed by atoms with Crippen molar-refractivity contribution in [2.45, 2.75) is 96.8 Å². The molecular formula is C18H33HgO2. The zero-order chi connectivity index (χ0) is 15.6. The number of allylic oxidation sites excluding steroid dienone is 2. The molecule has 0 N–H and O–H groups in total. The average Bonchev–Trinajstić information content (AvgIpc) is 2.50. The average molecular weight is 482 g/mol. The van der Waals surface area contributed by atoms with Crippen molar-refractivity contribution in [1.82, 2.24) is 0 Å². The molecule has 0 aliphatic carbocycles. The van der Waals surface area contributed by atoms with Crippen LogP contribution in [0.25, 0.3) is 0 Å². The zero-order valence-electron chi connectivity index (χ0n) is 14.1. The molecule has 0 saturated heterocycles. The summed E-state index contributed by atoms with van der Waals surface area (Å²) < 4.78 is 4.82. The second kappa shape index (κ2) is 18.2. The molecule has 0 radical (unpaired) electrons. The Morgan fingerprint density at radius 1 is 0.810 bits per heavy atom. The van der Waals surface area contributed by atoms with Gasteiger partial charge >= 0.3 is 104 Å². The van der Waals surface area contributed by atoms with Gasteiger partial charge in [-0.05, 0) is 6.42 Å². The quantitative estimate of drug-likeness (QED) is 0.162. The Labute approximate surface area is 148 Å². The van der Waals surface area contributed by atoms with E-state index in [0.29, 0.717) is 6.42 Å². The van der Waals surface area contributed by atoms with E-state index in [1.165, 1.54) is 77.0 Å². The summed E-state index contributed by atoms with van der Waals surface area (Å²) in [4.78, 5) is 11.0. The molecule has 0 aromatic carbocycles. The first-order chi connectivity index (χ1) is 10.3. The van der Waals surface area contributed by atoms with Crippen LogP contribution in [0, 0.1) is 0 Å². The molecule has 0 heterocycles. The minimum absolute atomic E-state index is 0.0101. The van der Waals surface area contributed by atoms with Gasteiger partial charge in [-0.3, -0.25) is 0 Å². The molecule has 0 fully saturated rings. The van der Waals surface area contributed by atoms with Crippen molar-refractivity contribution < 1.29 is 34.0 Å². The van der Waals surface area contributed by atoms with Crippen LogP contribution in [0.5, 0.6) is 0 Å². The molecule has 0 aliphatic heterocycles. The van der Waals surface area contributed by atoms with Crippen LogP contribution < -0.4 is 0 Å². The van der Waals surface area contributed by atoms with Gasteiger partial charge in [-0.2, -0.15) is 0 Å². The van der Waals surface area contributed by atoms with E-state index in [4.69, 9.17) is 2.64 Å². The van der Waals surface area contributed by atoms with E-state index in [1.54, 1.807) is 0 Å². The molecule has 0 aliphatic rings. The Hall–Kier alpha value is 0.145. The fourth-order valence-electron chi connectivity index (χ4n) is 2.41.